The first-order valence-corrected chi connectivity index (χ1v) is 6.35. The van der Waals surface area contributed by atoms with E-state index in [0.717, 1.165) is 19.6 Å². The molecule has 0 aromatic heterocycles. The lowest BCUT2D eigenvalue weighted by molar-refractivity contribution is -0.122. The van der Waals surface area contributed by atoms with Gasteiger partial charge in [-0.1, -0.05) is 43.2 Å². The van der Waals surface area contributed by atoms with Crippen LogP contribution in [0.1, 0.15) is 31.2 Å². The summed E-state index contributed by atoms with van der Waals surface area (Å²) in [6.45, 7) is 1.84. The average molecular weight is 217 g/mol. The zero-order valence-electron chi connectivity index (χ0n) is 9.61. The first kappa shape index (κ1) is 10.3. The molecular weight excluding hydrogens is 198 g/mol. The SMILES string of the molecule is c1ccc([C@@]23CCCC[C@H]2NCCO3)cc1. The van der Waals surface area contributed by atoms with Gasteiger partial charge in [-0.05, 0) is 18.4 Å². The summed E-state index contributed by atoms with van der Waals surface area (Å²) < 4.78 is 6.19. The summed E-state index contributed by atoms with van der Waals surface area (Å²) in [4.78, 5) is 0. The number of ether oxygens (including phenoxy) is 1. The zero-order chi connectivity index (χ0) is 10.8. The second kappa shape index (κ2) is 4.19. The van der Waals surface area contributed by atoms with Crippen molar-refractivity contribution in [3.8, 4) is 0 Å². The highest BCUT2D eigenvalue weighted by atomic mass is 16.5. The minimum Gasteiger partial charge on any atom is -0.367 e. The lowest BCUT2D eigenvalue weighted by Gasteiger charge is -2.48. The molecule has 1 aliphatic heterocycles. The summed E-state index contributed by atoms with van der Waals surface area (Å²) in [5, 5.41) is 3.64. The fourth-order valence-electron chi connectivity index (χ4n) is 3.20. The van der Waals surface area contributed by atoms with E-state index >= 15 is 0 Å². The van der Waals surface area contributed by atoms with E-state index in [2.05, 4.69) is 35.6 Å². The molecule has 86 valence electrons. The van der Waals surface area contributed by atoms with Gasteiger partial charge in [0.1, 0.15) is 5.60 Å². The van der Waals surface area contributed by atoms with Crippen molar-refractivity contribution in [3.63, 3.8) is 0 Å². The Hall–Kier alpha value is -0.860. The molecule has 3 rings (SSSR count). The maximum absolute atomic E-state index is 6.19. The molecule has 1 aromatic carbocycles. The van der Waals surface area contributed by atoms with Gasteiger partial charge in [-0.3, -0.25) is 0 Å². The molecule has 1 N–H and O–H groups in total. The van der Waals surface area contributed by atoms with Crippen LogP contribution in [0.3, 0.4) is 0 Å². The summed E-state index contributed by atoms with van der Waals surface area (Å²) in [6, 6.07) is 11.3. The molecule has 2 fully saturated rings. The second-order valence-corrected chi connectivity index (χ2v) is 4.86. The molecule has 2 heteroatoms. The highest BCUT2D eigenvalue weighted by Gasteiger charge is 2.44. The monoisotopic (exact) mass is 217 g/mol. The van der Waals surface area contributed by atoms with Gasteiger partial charge in [0.15, 0.2) is 0 Å². The van der Waals surface area contributed by atoms with Gasteiger partial charge in [0.2, 0.25) is 0 Å². The molecule has 0 bridgehead atoms. The summed E-state index contributed by atoms with van der Waals surface area (Å²) in [7, 11) is 0. The van der Waals surface area contributed by atoms with Crippen LogP contribution in [-0.2, 0) is 10.3 Å². The summed E-state index contributed by atoms with van der Waals surface area (Å²) >= 11 is 0. The molecular formula is C14H19NO. The van der Waals surface area contributed by atoms with Crippen molar-refractivity contribution in [2.75, 3.05) is 13.2 Å². The van der Waals surface area contributed by atoms with Crippen LogP contribution in [0, 0.1) is 0 Å². The molecule has 1 aromatic rings. The topological polar surface area (TPSA) is 21.3 Å². The van der Waals surface area contributed by atoms with Crippen molar-refractivity contribution in [3.05, 3.63) is 35.9 Å². The minimum absolute atomic E-state index is 0.0439. The smallest absolute Gasteiger partial charge is 0.108 e. The van der Waals surface area contributed by atoms with E-state index in [1.807, 2.05) is 0 Å². The number of morpholine rings is 1. The Bertz CT molecular complexity index is 337. The minimum atomic E-state index is -0.0439. The Balaban J connectivity index is 1.98. The summed E-state index contributed by atoms with van der Waals surface area (Å²) in [5.41, 5.74) is 1.31. The van der Waals surface area contributed by atoms with E-state index in [9.17, 15) is 0 Å². The lowest BCUT2D eigenvalue weighted by Crippen LogP contribution is -2.57. The van der Waals surface area contributed by atoms with Crippen LogP contribution in [0.15, 0.2) is 30.3 Å². The molecule has 16 heavy (non-hydrogen) atoms. The van der Waals surface area contributed by atoms with Crippen LogP contribution in [-0.4, -0.2) is 19.2 Å². The number of rotatable bonds is 1. The van der Waals surface area contributed by atoms with Gasteiger partial charge >= 0.3 is 0 Å². The number of hydrogen-bond acceptors (Lipinski definition) is 2. The standard InChI is InChI=1S/C14H19NO/c1-2-6-12(7-3-1)14-9-5-4-8-13(14)15-10-11-16-14/h1-3,6-7,13,15H,4-5,8-11H2/t13-,14+/m1/s1. The van der Waals surface area contributed by atoms with Crippen LogP contribution < -0.4 is 5.32 Å². The molecule has 1 saturated heterocycles. The fraction of sp³-hybridized carbons (Fsp3) is 0.571. The quantitative estimate of drug-likeness (QED) is 0.780. The van der Waals surface area contributed by atoms with Crippen LogP contribution in [0.2, 0.25) is 0 Å². The molecule has 2 nitrogen and oxygen atoms in total. The fourth-order valence-corrected chi connectivity index (χ4v) is 3.20. The number of hydrogen-bond donors (Lipinski definition) is 1. The molecule has 1 aliphatic carbocycles. The number of nitrogens with one attached hydrogen (secondary N) is 1. The molecule has 2 atom stereocenters. The van der Waals surface area contributed by atoms with E-state index in [-0.39, 0.29) is 5.60 Å². The third-order valence-corrected chi connectivity index (χ3v) is 3.97. The Morgan fingerprint density at radius 2 is 2.06 bits per heavy atom. The van der Waals surface area contributed by atoms with Crippen molar-refractivity contribution in [2.45, 2.75) is 37.3 Å². The third kappa shape index (κ3) is 1.57. The van der Waals surface area contributed by atoms with Crippen LogP contribution in [0.25, 0.3) is 0 Å². The molecule has 1 heterocycles. The first-order chi connectivity index (χ1) is 7.92. The van der Waals surface area contributed by atoms with Crippen LogP contribution in [0.5, 0.6) is 0 Å². The van der Waals surface area contributed by atoms with E-state index in [4.69, 9.17) is 4.74 Å². The summed E-state index contributed by atoms with van der Waals surface area (Å²) in [5.74, 6) is 0. The lowest BCUT2D eigenvalue weighted by atomic mass is 9.75. The molecule has 0 amide bonds. The number of benzene rings is 1. The van der Waals surface area contributed by atoms with Gasteiger partial charge in [-0.2, -0.15) is 0 Å². The molecule has 1 saturated carbocycles. The van der Waals surface area contributed by atoms with Crippen molar-refractivity contribution >= 4 is 0 Å². The Morgan fingerprint density at radius 1 is 1.19 bits per heavy atom. The van der Waals surface area contributed by atoms with Gasteiger partial charge in [0.25, 0.3) is 0 Å². The first-order valence-electron chi connectivity index (χ1n) is 6.35. The van der Waals surface area contributed by atoms with Gasteiger partial charge in [-0.15, -0.1) is 0 Å². The van der Waals surface area contributed by atoms with Gasteiger partial charge in [0.05, 0.1) is 6.61 Å². The normalized spacial score (nSPS) is 34.4. The largest absolute Gasteiger partial charge is 0.367 e. The molecule has 0 spiro atoms. The maximum Gasteiger partial charge on any atom is 0.108 e. The van der Waals surface area contributed by atoms with E-state index < -0.39 is 0 Å². The Labute approximate surface area is 97.0 Å². The molecule has 2 aliphatic rings. The van der Waals surface area contributed by atoms with Crippen molar-refractivity contribution in [2.24, 2.45) is 0 Å². The van der Waals surface area contributed by atoms with Crippen molar-refractivity contribution in [1.82, 2.24) is 5.32 Å². The van der Waals surface area contributed by atoms with E-state index in [1.165, 1.54) is 24.8 Å². The third-order valence-electron chi connectivity index (χ3n) is 3.97. The summed E-state index contributed by atoms with van der Waals surface area (Å²) in [6.07, 6.45) is 5.02. The highest BCUT2D eigenvalue weighted by molar-refractivity contribution is 5.26. The van der Waals surface area contributed by atoms with Crippen molar-refractivity contribution < 1.29 is 4.74 Å². The van der Waals surface area contributed by atoms with E-state index in [0.29, 0.717) is 6.04 Å². The molecule has 0 unspecified atom stereocenters. The Kier molecular flexibility index (Phi) is 2.70. The highest BCUT2D eigenvalue weighted by Crippen LogP contribution is 2.41. The average Bonchev–Trinajstić information content (AvgIpc) is 2.40. The van der Waals surface area contributed by atoms with Gasteiger partial charge < -0.3 is 10.1 Å². The molecule has 0 radical (unpaired) electrons. The zero-order valence-corrected chi connectivity index (χ0v) is 9.61. The Morgan fingerprint density at radius 3 is 2.94 bits per heavy atom. The van der Waals surface area contributed by atoms with E-state index in [1.54, 1.807) is 0 Å². The predicted molar refractivity (Wildman–Crippen MR) is 64.3 cm³/mol. The van der Waals surface area contributed by atoms with Gasteiger partial charge in [0, 0.05) is 12.6 Å². The predicted octanol–water partition coefficient (Wildman–Crippen LogP) is 2.44. The van der Waals surface area contributed by atoms with Crippen LogP contribution >= 0.6 is 0 Å². The van der Waals surface area contributed by atoms with Crippen LogP contribution in [0.4, 0.5) is 0 Å². The van der Waals surface area contributed by atoms with Gasteiger partial charge in [-0.25, -0.2) is 0 Å². The number of fused-ring (bicyclic) bond motifs is 1. The van der Waals surface area contributed by atoms with Crippen molar-refractivity contribution in [1.29, 1.82) is 0 Å². The maximum atomic E-state index is 6.19. The second-order valence-electron chi connectivity index (χ2n) is 4.86.